The molecule has 0 atom stereocenters. The van der Waals surface area contributed by atoms with Crippen molar-refractivity contribution in [1.82, 2.24) is 19.9 Å². The summed E-state index contributed by atoms with van der Waals surface area (Å²) < 4.78 is 11.7. The predicted octanol–water partition coefficient (Wildman–Crippen LogP) is 9.86. The number of carbonyl (C=O) groups is 2. The Bertz CT molecular complexity index is 2700. The van der Waals surface area contributed by atoms with Gasteiger partial charge in [-0.3, -0.25) is 9.59 Å². The van der Waals surface area contributed by atoms with Crippen LogP contribution in [0.5, 0.6) is 23.0 Å². The summed E-state index contributed by atoms with van der Waals surface area (Å²) in [4.78, 5) is 40.7. The van der Waals surface area contributed by atoms with Crippen molar-refractivity contribution in [3.05, 3.63) is 169 Å². The van der Waals surface area contributed by atoms with Crippen molar-refractivity contribution in [2.45, 2.75) is 25.7 Å². The molecule has 4 N–H and O–H groups in total. The Morgan fingerprint density at radius 3 is 1.27 bits per heavy atom. The van der Waals surface area contributed by atoms with Crippen molar-refractivity contribution in [2.24, 2.45) is 0 Å². The van der Waals surface area contributed by atoms with Gasteiger partial charge in [-0.25, -0.2) is 19.9 Å². The maximum atomic E-state index is 11.7. The zero-order chi connectivity index (χ0) is 44.4. The van der Waals surface area contributed by atoms with E-state index in [9.17, 15) is 9.59 Å². The number of para-hydroxylation sites is 2. The van der Waals surface area contributed by atoms with Crippen molar-refractivity contribution in [3.8, 4) is 35.1 Å². The van der Waals surface area contributed by atoms with Crippen LogP contribution in [0.15, 0.2) is 158 Å². The standard InChI is InChI=1S/2C25H21N5O2/c2*26-14-12-24(31)30-19-8-11-23-22(16-19)25(29-17-28-23)27-15-13-18-6-9-21(10-7-18)32-20-4-2-1-3-5-20/h2*1-11,16-17H,12-13,15H2,(H,30,31)(H,27,28,29). The molecule has 0 aliphatic carbocycles. The number of aromatic nitrogens is 4. The van der Waals surface area contributed by atoms with E-state index in [4.69, 9.17) is 20.0 Å². The van der Waals surface area contributed by atoms with Crippen molar-refractivity contribution in [1.29, 1.82) is 10.5 Å². The first-order valence-corrected chi connectivity index (χ1v) is 20.4. The third-order valence-electron chi connectivity index (χ3n) is 9.53. The molecule has 8 rings (SSSR count). The number of benzene rings is 6. The molecule has 0 unspecified atom stereocenters. The highest BCUT2D eigenvalue weighted by Crippen LogP contribution is 2.26. The van der Waals surface area contributed by atoms with E-state index in [1.54, 1.807) is 12.1 Å². The molecular weight excluding hydrogens is 805 g/mol. The van der Waals surface area contributed by atoms with Gasteiger partial charge >= 0.3 is 0 Å². The molecule has 0 saturated carbocycles. The first-order chi connectivity index (χ1) is 31.4. The monoisotopic (exact) mass is 846 g/mol. The first kappa shape index (κ1) is 43.2. The van der Waals surface area contributed by atoms with Crippen molar-refractivity contribution in [2.75, 3.05) is 34.4 Å². The van der Waals surface area contributed by atoms with Gasteiger partial charge in [0.05, 0.1) is 23.2 Å². The Morgan fingerprint density at radius 2 is 0.875 bits per heavy atom. The average molecular weight is 847 g/mol. The van der Waals surface area contributed by atoms with Gasteiger partial charge in [0.2, 0.25) is 11.8 Å². The molecule has 2 amide bonds. The maximum absolute atomic E-state index is 11.7. The molecule has 8 aromatic rings. The Morgan fingerprint density at radius 1 is 0.484 bits per heavy atom. The SMILES string of the molecule is N#CCC(=O)Nc1ccc2ncnc(NCCc3ccc(Oc4ccccc4)cc3)c2c1.N#CCC(=O)Nc1ccc2ncnc(NCCc3ccc(Oc4ccccc4)cc3)c2c1. The second-order valence-corrected chi connectivity index (χ2v) is 14.1. The smallest absolute Gasteiger partial charge is 0.238 e. The summed E-state index contributed by atoms with van der Waals surface area (Å²) >= 11 is 0. The third kappa shape index (κ3) is 12.6. The molecule has 0 fully saturated rings. The molecule has 0 radical (unpaired) electrons. The van der Waals surface area contributed by atoms with Crippen molar-refractivity contribution >= 4 is 56.6 Å². The van der Waals surface area contributed by atoms with Crippen LogP contribution in [0.25, 0.3) is 21.8 Å². The molecule has 14 heteroatoms. The van der Waals surface area contributed by atoms with Gasteiger partial charge in [0.15, 0.2) is 0 Å². The molecule has 0 spiro atoms. The molecule has 14 nitrogen and oxygen atoms in total. The van der Waals surface area contributed by atoms with Gasteiger partial charge < -0.3 is 30.7 Å². The minimum Gasteiger partial charge on any atom is -0.457 e. The van der Waals surface area contributed by atoms with E-state index in [0.717, 1.165) is 57.6 Å². The number of fused-ring (bicyclic) bond motifs is 2. The number of hydrogen-bond acceptors (Lipinski definition) is 12. The molecular formula is C50H42N10O4. The van der Waals surface area contributed by atoms with E-state index < -0.39 is 0 Å². The van der Waals surface area contributed by atoms with Crippen LogP contribution in [-0.4, -0.2) is 44.8 Å². The van der Waals surface area contributed by atoms with Gasteiger partial charge in [0.1, 0.15) is 60.1 Å². The number of hydrogen-bond donors (Lipinski definition) is 4. The number of amides is 2. The maximum Gasteiger partial charge on any atom is 0.238 e. The fraction of sp³-hybridized carbons (Fsp3) is 0.120. The quantitative estimate of drug-likeness (QED) is 0.0719. The van der Waals surface area contributed by atoms with E-state index in [2.05, 4.69) is 41.2 Å². The lowest BCUT2D eigenvalue weighted by atomic mass is 10.1. The Labute approximate surface area is 369 Å². The van der Waals surface area contributed by atoms with Gasteiger partial charge in [-0.2, -0.15) is 10.5 Å². The van der Waals surface area contributed by atoms with Crippen LogP contribution in [0.2, 0.25) is 0 Å². The number of anilines is 4. The largest absolute Gasteiger partial charge is 0.457 e. The minimum absolute atomic E-state index is 0.191. The molecule has 2 aromatic heterocycles. The zero-order valence-corrected chi connectivity index (χ0v) is 34.6. The van der Waals surface area contributed by atoms with E-state index in [-0.39, 0.29) is 24.7 Å². The number of nitrogens with zero attached hydrogens (tertiary/aromatic N) is 6. The Balaban J connectivity index is 0.000000191. The zero-order valence-electron chi connectivity index (χ0n) is 34.6. The average Bonchev–Trinajstić information content (AvgIpc) is 3.31. The topological polar surface area (TPSA) is 200 Å². The second-order valence-electron chi connectivity index (χ2n) is 14.1. The molecule has 0 bridgehead atoms. The van der Waals surface area contributed by atoms with Crippen LogP contribution in [0, 0.1) is 22.7 Å². The highest BCUT2D eigenvalue weighted by Gasteiger charge is 2.10. The lowest BCUT2D eigenvalue weighted by Crippen LogP contribution is -2.10. The van der Waals surface area contributed by atoms with Crippen LogP contribution in [0.1, 0.15) is 24.0 Å². The minimum atomic E-state index is -0.349. The van der Waals surface area contributed by atoms with E-state index in [1.165, 1.54) is 23.8 Å². The molecule has 0 saturated heterocycles. The Hall–Kier alpha value is -8.88. The van der Waals surface area contributed by atoms with E-state index in [1.807, 2.05) is 146 Å². The molecule has 2 heterocycles. The summed E-state index contributed by atoms with van der Waals surface area (Å²) in [5.41, 5.74) is 5.07. The van der Waals surface area contributed by atoms with Gasteiger partial charge in [-0.1, -0.05) is 60.7 Å². The first-order valence-electron chi connectivity index (χ1n) is 20.4. The van der Waals surface area contributed by atoms with Crippen LogP contribution in [0.4, 0.5) is 23.0 Å². The number of nitriles is 2. The molecule has 6 aromatic carbocycles. The fourth-order valence-electron chi connectivity index (χ4n) is 6.45. The van der Waals surface area contributed by atoms with Crippen molar-refractivity contribution < 1.29 is 19.1 Å². The van der Waals surface area contributed by atoms with Crippen molar-refractivity contribution in [3.63, 3.8) is 0 Å². The van der Waals surface area contributed by atoms with Crippen LogP contribution >= 0.6 is 0 Å². The summed E-state index contributed by atoms with van der Waals surface area (Å²) in [6.07, 6.45) is 4.24. The number of carbonyl (C=O) groups excluding carboxylic acids is 2. The third-order valence-corrected chi connectivity index (χ3v) is 9.53. The lowest BCUT2D eigenvalue weighted by Gasteiger charge is -2.11. The van der Waals surface area contributed by atoms with Crippen LogP contribution < -0.4 is 30.7 Å². The summed E-state index contributed by atoms with van der Waals surface area (Å²) in [6.45, 7) is 1.35. The summed E-state index contributed by atoms with van der Waals surface area (Å²) in [5, 5.41) is 31.0. The molecule has 0 aliphatic heterocycles. The van der Waals surface area contributed by atoms with E-state index >= 15 is 0 Å². The van der Waals surface area contributed by atoms with Gasteiger partial charge in [0.25, 0.3) is 0 Å². The highest BCUT2D eigenvalue weighted by atomic mass is 16.5. The Kier molecular flexibility index (Phi) is 14.9. The van der Waals surface area contributed by atoms with Gasteiger partial charge in [-0.05, 0) is 109 Å². The summed E-state index contributed by atoms with van der Waals surface area (Å²) in [7, 11) is 0. The van der Waals surface area contributed by atoms with Gasteiger partial charge in [-0.15, -0.1) is 0 Å². The summed E-state index contributed by atoms with van der Waals surface area (Å²) in [5.74, 6) is 3.88. The lowest BCUT2D eigenvalue weighted by molar-refractivity contribution is -0.116. The second kappa shape index (κ2) is 22.1. The number of rotatable bonds is 16. The number of ether oxygens (including phenoxy) is 2. The molecule has 316 valence electrons. The molecule has 64 heavy (non-hydrogen) atoms. The number of nitrogens with one attached hydrogen (secondary N) is 4. The fourth-order valence-corrected chi connectivity index (χ4v) is 6.45. The van der Waals surface area contributed by atoms with Gasteiger partial charge in [0, 0.05) is 35.2 Å². The van der Waals surface area contributed by atoms with Crippen LogP contribution in [-0.2, 0) is 22.4 Å². The van der Waals surface area contributed by atoms with E-state index in [0.29, 0.717) is 36.1 Å². The predicted molar refractivity (Wildman–Crippen MR) is 247 cm³/mol. The normalized spacial score (nSPS) is 10.3. The van der Waals surface area contributed by atoms with Crippen LogP contribution in [0.3, 0.4) is 0 Å². The molecule has 0 aliphatic rings. The highest BCUT2D eigenvalue weighted by molar-refractivity contribution is 5.98. The summed E-state index contributed by atoms with van der Waals surface area (Å²) in [6, 6.07) is 49.8.